The van der Waals surface area contributed by atoms with Crippen LogP contribution in [-0.2, 0) is 25.6 Å². The fourth-order valence-corrected chi connectivity index (χ4v) is 8.01. The van der Waals surface area contributed by atoms with Gasteiger partial charge < -0.3 is 36.0 Å². The topological polar surface area (TPSA) is 188 Å². The number of ketones is 2. The van der Waals surface area contributed by atoms with Gasteiger partial charge in [0.05, 0.1) is 23.3 Å². The molecule has 230 valence electrons. The van der Waals surface area contributed by atoms with Crippen molar-refractivity contribution in [2.45, 2.75) is 43.4 Å². The smallest absolute Gasteiger partial charge is 0.255 e. The summed E-state index contributed by atoms with van der Waals surface area (Å²) in [7, 11) is 6.71. The van der Waals surface area contributed by atoms with Gasteiger partial charge in [-0.05, 0) is 63.9 Å². The largest absolute Gasteiger partial charge is 0.508 e. The fraction of sp³-hybridized carbons (Fsp3) is 0.533. The van der Waals surface area contributed by atoms with Gasteiger partial charge >= 0.3 is 0 Å². The Hall–Kier alpha value is -3.94. The average Bonchev–Trinajstić information content (AvgIpc) is 3.41. The Bertz CT molecular complexity index is 1550. The molecule has 1 aromatic carbocycles. The molecular weight excluding hydrogens is 558 g/mol. The number of aliphatic hydroxyl groups excluding tert-OH is 2. The molecular formula is C30H37N5O8. The summed E-state index contributed by atoms with van der Waals surface area (Å²) in [5, 5.41) is 46.3. The number of amides is 2. The zero-order valence-corrected chi connectivity index (χ0v) is 24.6. The van der Waals surface area contributed by atoms with Crippen LogP contribution < -0.4 is 15.5 Å². The summed E-state index contributed by atoms with van der Waals surface area (Å²) in [6, 6.07) is 0.278. The van der Waals surface area contributed by atoms with Gasteiger partial charge in [-0.15, -0.1) is 0 Å². The molecule has 3 aliphatic carbocycles. The fourth-order valence-electron chi connectivity index (χ4n) is 8.01. The van der Waals surface area contributed by atoms with E-state index in [2.05, 4.69) is 4.90 Å². The van der Waals surface area contributed by atoms with E-state index in [0.717, 1.165) is 13.0 Å². The quantitative estimate of drug-likeness (QED) is 0.291. The minimum Gasteiger partial charge on any atom is -0.508 e. The van der Waals surface area contributed by atoms with Crippen LogP contribution in [0.2, 0.25) is 0 Å². The van der Waals surface area contributed by atoms with Crippen LogP contribution in [0.3, 0.4) is 0 Å². The molecule has 0 radical (unpaired) electrons. The summed E-state index contributed by atoms with van der Waals surface area (Å²) in [6.07, 6.45) is 1.79. The second kappa shape index (κ2) is 9.79. The van der Waals surface area contributed by atoms with Gasteiger partial charge in [0.25, 0.3) is 5.91 Å². The Labute approximate surface area is 248 Å². The van der Waals surface area contributed by atoms with E-state index in [1.807, 2.05) is 0 Å². The lowest BCUT2D eigenvalue weighted by Gasteiger charge is -2.50. The molecule has 13 nitrogen and oxygen atoms in total. The Morgan fingerprint density at radius 3 is 2.40 bits per heavy atom. The number of piperazine rings is 1. The number of nitrogens with two attached hydrogens (primary N) is 1. The van der Waals surface area contributed by atoms with Crippen LogP contribution >= 0.6 is 0 Å². The van der Waals surface area contributed by atoms with E-state index in [-0.39, 0.29) is 47.4 Å². The van der Waals surface area contributed by atoms with Gasteiger partial charge in [0, 0.05) is 44.4 Å². The number of fused-ring (bicyclic) bond motifs is 4. The average molecular weight is 596 g/mol. The van der Waals surface area contributed by atoms with Crippen LogP contribution in [0.4, 0.5) is 11.4 Å². The van der Waals surface area contributed by atoms with E-state index in [0.29, 0.717) is 30.8 Å². The number of phenols is 1. The molecule has 0 bridgehead atoms. The predicted octanol–water partition coefficient (Wildman–Crippen LogP) is -0.159. The highest BCUT2D eigenvalue weighted by Gasteiger charge is 2.64. The zero-order chi connectivity index (χ0) is 31.3. The highest BCUT2D eigenvalue weighted by atomic mass is 16.3. The second-order valence-electron chi connectivity index (χ2n) is 12.7. The van der Waals surface area contributed by atoms with Gasteiger partial charge in [-0.3, -0.25) is 29.0 Å². The number of hydrogen-bond acceptors (Lipinski definition) is 11. The SMILES string of the molecule is CN(C)c1cc(N2CCN3CCCC3C2=O)c(O)c2c1CC1CC3[C@H](N(C)C)C(=O)C(C(N)=O)=C(O)[C@@]3(O)C(=O)C1=C2O. The van der Waals surface area contributed by atoms with Crippen molar-refractivity contribution in [1.82, 2.24) is 9.80 Å². The maximum absolute atomic E-state index is 14.2. The number of primary amides is 1. The first-order valence-electron chi connectivity index (χ1n) is 14.5. The molecule has 1 aromatic rings. The number of Topliss-reactive ketones (excluding diaryl/α,β-unsaturated/α-hetero) is 2. The molecule has 2 aliphatic heterocycles. The Morgan fingerprint density at radius 2 is 1.77 bits per heavy atom. The first-order valence-corrected chi connectivity index (χ1v) is 14.5. The number of hydrogen-bond donors (Lipinski definition) is 5. The molecule has 2 amide bonds. The van der Waals surface area contributed by atoms with Crippen molar-refractivity contribution in [3.63, 3.8) is 0 Å². The number of likely N-dealkylation sites (N-methyl/N-ethyl adjacent to an activating group) is 1. The molecule has 2 saturated heterocycles. The number of phenolic OH excluding ortho intramolecular Hbond substituents is 1. The zero-order valence-electron chi connectivity index (χ0n) is 24.6. The molecule has 1 saturated carbocycles. The lowest BCUT2D eigenvalue weighted by Crippen LogP contribution is -2.65. The van der Waals surface area contributed by atoms with Crippen LogP contribution in [0.15, 0.2) is 23.0 Å². The molecule has 6 N–H and O–H groups in total. The third kappa shape index (κ3) is 3.87. The summed E-state index contributed by atoms with van der Waals surface area (Å²) in [6.45, 7) is 1.80. The van der Waals surface area contributed by atoms with E-state index >= 15 is 0 Å². The van der Waals surface area contributed by atoms with Crippen molar-refractivity contribution in [3.8, 4) is 5.75 Å². The molecule has 3 unspecified atom stereocenters. The summed E-state index contributed by atoms with van der Waals surface area (Å²) < 4.78 is 0. The van der Waals surface area contributed by atoms with E-state index in [9.17, 15) is 39.6 Å². The minimum absolute atomic E-state index is 0.00324. The monoisotopic (exact) mass is 595 g/mol. The van der Waals surface area contributed by atoms with Gasteiger partial charge in [-0.1, -0.05) is 0 Å². The van der Waals surface area contributed by atoms with Crippen molar-refractivity contribution >= 4 is 40.5 Å². The third-order valence-corrected chi connectivity index (χ3v) is 9.98. The molecule has 6 rings (SSSR count). The number of nitrogens with zero attached hydrogens (tertiary/aromatic N) is 4. The van der Waals surface area contributed by atoms with Crippen LogP contribution in [0, 0.1) is 11.8 Å². The van der Waals surface area contributed by atoms with Crippen LogP contribution in [-0.4, -0.2) is 119 Å². The Kier molecular flexibility index (Phi) is 6.64. The summed E-state index contributed by atoms with van der Waals surface area (Å²) in [5.41, 5.74) is 2.96. The van der Waals surface area contributed by atoms with Gasteiger partial charge in [0.1, 0.15) is 17.1 Å². The maximum Gasteiger partial charge on any atom is 0.255 e. The summed E-state index contributed by atoms with van der Waals surface area (Å²) in [5.74, 6) is -7.21. The second-order valence-corrected chi connectivity index (χ2v) is 12.7. The van der Waals surface area contributed by atoms with Crippen molar-refractivity contribution in [1.29, 1.82) is 0 Å². The number of carbonyl (C=O) groups excluding carboxylic acids is 4. The number of aliphatic hydroxyl groups is 3. The minimum atomic E-state index is -2.71. The van der Waals surface area contributed by atoms with Crippen molar-refractivity contribution < 1.29 is 39.6 Å². The normalized spacial score (nSPS) is 30.8. The Morgan fingerprint density at radius 1 is 1.07 bits per heavy atom. The highest BCUT2D eigenvalue weighted by molar-refractivity contribution is 6.24. The molecule has 3 fully saturated rings. The van der Waals surface area contributed by atoms with Gasteiger partial charge in [-0.2, -0.15) is 0 Å². The lowest BCUT2D eigenvalue weighted by molar-refractivity contribution is -0.153. The summed E-state index contributed by atoms with van der Waals surface area (Å²) >= 11 is 0. The van der Waals surface area contributed by atoms with Crippen molar-refractivity contribution in [2.75, 3.05) is 57.6 Å². The molecule has 5 aliphatic rings. The number of anilines is 2. The molecule has 43 heavy (non-hydrogen) atoms. The van der Waals surface area contributed by atoms with E-state index in [1.54, 1.807) is 39.2 Å². The first kappa shape index (κ1) is 29.1. The van der Waals surface area contributed by atoms with Crippen LogP contribution in [0.25, 0.3) is 5.76 Å². The van der Waals surface area contributed by atoms with E-state index in [1.165, 1.54) is 9.80 Å². The number of aromatic hydroxyl groups is 1. The number of carbonyl (C=O) groups is 4. The van der Waals surface area contributed by atoms with Crippen molar-refractivity contribution in [2.24, 2.45) is 17.6 Å². The van der Waals surface area contributed by atoms with E-state index < -0.39 is 58.0 Å². The maximum atomic E-state index is 14.2. The molecule has 0 aromatic heterocycles. The highest BCUT2D eigenvalue weighted by Crippen LogP contribution is 2.55. The lowest BCUT2D eigenvalue weighted by atomic mass is 9.57. The summed E-state index contributed by atoms with van der Waals surface area (Å²) in [4.78, 5) is 60.1. The molecule has 2 heterocycles. The van der Waals surface area contributed by atoms with Crippen LogP contribution in [0.5, 0.6) is 5.75 Å². The van der Waals surface area contributed by atoms with Crippen LogP contribution in [0.1, 0.15) is 30.4 Å². The molecule has 13 heteroatoms. The number of rotatable bonds is 4. The predicted molar refractivity (Wildman–Crippen MR) is 156 cm³/mol. The van der Waals surface area contributed by atoms with Crippen molar-refractivity contribution in [3.05, 3.63) is 34.1 Å². The van der Waals surface area contributed by atoms with E-state index in [4.69, 9.17) is 5.73 Å². The first-order chi connectivity index (χ1) is 20.2. The molecule has 5 atom stereocenters. The molecule has 0 spiro atoms. The van der Waals surface area contributed by atoms with Gasteiger partial charge in [-0.25, -0.2) is 0 Å². The standard InChI is InChI=1S/C30H37N5O8/c1-32(2)17-12-18(35-9-8-34-7-5-6-16(34)29(35)42)23(36)20-14(17)10-13-11-15-22(33(3)4)25(38)21(28(31)41)27(40)30(15,43)26(39)19(13)24(20)37/h12-13,15-16,22,36-37,40,43H,5-11H2,1-4H3,(H2,31,41)/t13?,15?,16?,22-,30-/m0/s1. The third-order valence-electron chi connectivity index (χ3n) is 9.98. The Balaban J connectivity index is 1.53. The van der Waals surface area contributed by atoms with Gasteiger partial charge in [0.2, 0.25) is 11.7 Å². The van der Waals surface area contributed by atoms with Gasteiger partial charge in [0.15, 0.2) is 17.1 Å². The number of benzene rings is 1.